The van der Waals surface area contributed by atoms with Crippen molar-refractivity contribution in [2.75, 3.05) is 40.4 Å². The minimum atomic E-state index is -0.366. The van der Waals surface area contributed by atoms with Crippen molar-refractivity contribution in [1.29, 1.82) is 0 Å². The molecule has 0 radical (unpaired) electrons. The zero-order chi connectivity index (χ0) is 25.5. The van der Waals surface area contributed by atoms with Crippen molar-refractivity contribution in [2.24, 2.45) is 5.92 Å². The molecule has 2 aromatic carbocycles. The van der Waals surface area contributed by atoms with E-state index in [0.717, 1.165) is 60.8 Å². The van der Waals surface area contributed by atoms with Crippen LogP contribution in [0, 0.1) is 18.7 Å². The van der Waals surface area contributed by atoms with Crippen molar-refractivity contribution in [3.8, 4) is 11.5 Å². The number of rotatable bonds is 9. The summed E-state index contributed by atoms with van der Waals surface area (Å²) in [5, 5.41) is 0. The van der Waals surface area contributed by atoms with Crippen molar-refractivity contribution in [1.82, 2.24) is 14.8 Å². The van der Waals surface area contributed by atoms with Crippen molar-refractivity contribution in [3.05, 3.63) is 89.5 Å². The molecule has 1 atom stereocenters. The largest absolute Gasteiger partial charge is 0.497 e. The van der Waals surface area contributed by atoms with Gasteiger partial charge in [-0.3, -0.25) is 14.7 Å². The Hall–Kier alpha value is -3.45. The third kappa shape index (κ3) is 6.21. The minimum absolute atomic E-state index is 0.0549. The third-order valence-corrected chi connectivity index (χ3v) is 6.90. The highest BCUT2D eigenvalue weighted by Crippen LogP contribution is 2.31. The minimum Gasteiger partial charge on any atom is -0.497 e. The number of carbonyl (C=O) groups excluding carboxylic acids is 1. The van der Waals surface area contributed by atoms with Crippen LogP contribution in [0.15, 0.2) is 66.9 Å². The summed E-state index contributed by atoms with van der Waals surface area (Å²) >= 11 is 0. The predicted molar refractivity (Wildman–Crippen MR) is 138 cm³/mol. The lowest BCUT2D eigenvalue weighted by molar-refractivity contribution is -0.137. The van der Waals surface area contributed by atoms with E-state index in [1.165, 1.54) is 12.1 Å². The molecule has 0 N–H and O–H groups in total. The Morgan fingerprint density at radius 2 is 1.75 bits per heavy atom. The van der Waals surface area contributed by atoms with Crippen LogP contribution in [0.3, 0.4) is 0 Å². The number of nitrogens with zero attached hydrogens (tertiary/aromatic N) is 3. The Morgan fingerprint density at radius 3 is 2.39 bits per heavy atom. The summed E-state index contributed by atoms with van der Waals surface area (Å²) in [7, 11) is 3.48. The SMILES string of the molecule is COc1ccc(OCCN2CCC(C(=O)N(C)C(c3ccc(F)cc3)c3ncccc3C)CC2)cc1. The molecule has 36 heavy (non-hydrogen) atoms. The highest BCUT2D eigenvalue weighted by molar-refractivity contribution is 5.79. The first-order valence-electron chi connectivity index (χ1n) is 12.4. The molecule has 1 aromatic heterocycles. The van der Waals surface area contributed by atoms with Crippen molar-refractivity contribution in [3.63, 3.8) is 0 Å². The topological polar surface area (TPSA) is 54.9 Å². The van der Waals surface area contributed by atoms with Crippen molar-refractivity contribution in [2.45, 2.75) is 25.8 Å². The van der Waals surface area contributed by atoms with Crippen LogP contribution >= 0.6 is 0 Å². The van der Waals surface area contributed by atoms with Crippen molar-refractivity contribution < 1.29 is 18.7 Å². The Labute approximate surface area is 212 Å². The van der Waals surface area contributed by atoms with Crippen molar-refractivity contribution >= 4 is 5.91 Å². The lowest BCUT2D eigenvalue weighted by Crippen LogP contribution is -2.43. The molecule has 1 aliphatic heterocycles. The number of methoxy groups -OCH3 is 1. The molecule has 3 aromatic rings. The number of aryl methyl sites for hydroxylation is 1. The maximum Gasteiger partial charge on any atom is 0.226 e. The maximum atomic E-state index is 13.6. The van der Waals surface area contributed by atoms with Gasteiger partial charge in [0.25, 0.3) is 0 Å². The molecule has 0 spiro atoms. The summed E-state index contributed by atoms with van der Waals surface area (Å²) < 4.78 is 24.7. The molecule has 190 valence electrons. The maximum absolute atomic E-state index is 13.6. The van der Waals surface area contributed by atoms with Gasteiger partial charge in [-0.1, -0.05) is 18.2 Å². The molecule has 1 amide bonds. The zero-order valence-corrected chi connectivity index (χ0v) is 21.2. The van der Waals surface area contributed by atoms with E-state index in [1.807, 2.05) is 50.4 Å². The van der Waals surface area contributed by atoms with Crippen LogP contribution in [0.5, 0.6) is 11.5 Å². The quantitative estimate of drug-likeness (QED) is 0.427. The first-order valence-corrected chi connectivity index (χ1v) is 12.4. The summed E-state index contributed by atoms with van der Waals surface area (Å²) in [6.07, 6.45) is 3.33. The fourth-order valence-electron chi connectivity index (χ4n) is 4.78. The number of likely N-dealkylation sites (tertiary alicyclic amines) is 1. The van der Waals surface area contributed by atoms with Crippen LogP contribution in [0.4, 0.5) is 4.39 Å². The molecule has 2 heterocycles. The average Bonchev–Trinajstić information content (AvgIpc) is 2.91. The third-order valence-electron chi connectivity index (χ3n) is 6.90. The highest BCUT2D eigenvalue weighted by atomic mass is 19.1. The molecule has 7 heteroatoms. The first-order chi connectivity index (χ1) is 17.5. The van der Waals surface area contributed by atoms with E-state index in [-0.39, 0.29) is 23.7 Å². The monoisotopic (exact) mass is 491 g/mol. The number of halogens is 1. The van der Waals surface area contributed by atoms with E-state index in [2.05, 4.69) is 9.88 Å². The Morgan fingerprint density at radius 1 is 1.08 bits per heavy atom. The number of hydrogen-bond donors (Lipinski definition) is 0. The Balaban J connectivity index is 1.35. The molecule has 1 fully saturated rings. The molecule has 4 rings (SSSR count). The number of piperidine rings is 1. The van der Waals surface area contributed by atoms with Gasteiger partial charge in [-0.2, -0.15) is 0 Å². The standard InChI is InChI=1S/C29H34FN3O3/c1-21-5-4-16-31-27(21)28(22-6-8-24(30)9-7-22)32(2)29(34)23-14-17-33(18-15-23)19-20-36-26-12-10-25(35-3)11-13-26/h4-13,16,23,28H,14-15,17-20H2,1-3H3. The summed E-state index contributed by atoms with van der Waals surface area (Å²) in [6.45, 7) is 5.09. The van der Waals surface area contributed by atoms with Gasteiger partial charge in [0.1, 0.15) is 23.9 Å². The summed E-state index contributed by atoms with van der Waals surface area (Å²) in [5.41, 5.74) is 2.66. The van der Waals surface area contributed by atoms with Crippen LogP contribution in [0.2, 0.25) is 0 Å². The normalized spacial score (nSPS) is 15.3. The second-order valence-electron chi connectivity index (χ2n) is 9.25. The average molecular weight is 492 g/mol. The molecular weight excluding hydrogens is 457 g/mol. The van der Waals surface area contributed by atoms with E-state index in [1.54, 1.807) is 30.3 Å². The second kappa shape index (κ2) is 12.0. The predicted octanol–water partition coefficient (Wildman–Crippen LogP) is 4.88. The Kier molecular flexibility index (Phi) is 8.54. The van der Waals surface area contributed by atoms with Crippen LogP contribution in [-0.2, 0) is 4.79 Å². The van der Waals surface area contributed by atoms with Crippen LogP contribution < -0.4 is 9.47 Å². The summed E-state index contributed by atoms with van der Waals surface area (Å²) in [6, 6.07) is 17.4. The van der Waals surface area contributed by atoms with Gasteiger partial charge in [-0.05, 0) is 86.4 Å². The zero-order valence-electron chi connectivity index (χ0n) is 21.2. The Bertz CT molecular complexity index is 1130. The van der Waals surface area contributed by atoms with Crippen LogP contribution in [0.1, 0.15) is 35.7 Å². The number of hydrogen-bond acceptors (Lipinski definition) is 5. The lowest BCUT2D eigenvalue weighted by atomic mass is 9.92. The van der Waals surface area contributed by atoms with Crippen LogP contribution in [0.25, 0.3) is 0 Å². The number of benzene rings is 2. The molecule has 0 bridgehead atoms. The van der Waals surface area contributed by atoms with E-state index < -0.39 is 0 Å². The molecule has 0 saturated carbocycles. The molecule has 1 aliphatic rings. The number of amides is 1. The van der Waals surface area contributed by atoms with E-state index in [0.29, 0.717) is 6.61 Å². The number of pyridine rings is 1. The first kappa shape index (κ1) is 25.6. The van der Waals surface area contributed by atoms with Gasteiger partial charge in [0.2, 0.25) is 5.91 Å². The molecule has 6 nitrogen and oxygen atoms in total. The van der Waals surface area contributed by atoms with Gasteiger partial charge < -0.3 is 14.4 Å². The smallest absolute Gasteiger partial charge is 0.226 e. The summed E-state index contributed by atoms with van der Waals surface area (Å²) in [4.78, 5) is 22.3. The van der Waals surface area contributed by atoms with E-state index >= 15 is 0 Å². The number of carbonyl (C=O) groups is 1. The van der Waals surface area contributed by atoms with Crippen LogP contribution in [-0.4, -0.2) is 61.1 Å². The van der Waals surface area contributed by atoms with Gasteiger partial charge in [0, 0.05) is 25.7 Å². The molecule has 1 saturated heterocycles. The second-order valence-corrected chi connectivity index (χ2v) is 9.25. The molecule has 1 unspecified atom stereocenters. The molecular formula is C29H34FN3O3. The summed E-state index contributed by atoms with van der Waals surface area (Å²) in [5.74, 6) is 1.37. The fraction of sp³-hybridized carbons (Fsp3) is 0.379. The number of ether oxygens (including phenoxy) is 2. The number of aromatic nitrogens is 1. The van der Waals surface area contributed by atoms with Gasteiger partial charge in [0.05, 0.1) is 18.8 Å². The van der Waals surface area contributed by atoms with Gasteiger partial charge in [0.15, 0.2) is 0 Å². The lowest BCUT2D eigenvalue weighted by Gasteiger charge is -2.36. The van der Waals surface area contributed by atoms with Gasteiger partial charge in [-0.15, -0.1) is 0 Å². The van der Waals surface area contributed by atoms with E-state index in [4.69, 9.17) is 9.47 Å². The van der Waals surface area contributed by atoms with E-state index in [9.17, 15) is 9.18 Å². The molecule has 0 aliphatic carbocycles. The fourth-order valence-corrected chi connectivity index (χ4v) is 4.78. The highest BCUT2D eigenvalue weighted by Gasteiger charge is 2.32. The van der Waals surface area contributed by atoms with Gasteiger partial charge >= 0.3 is 0 Å². The van der Waals surface area contributed by atoms with Gasteiger partial charge in [-0.25, -0.2) is 4.39 Å².